The number of hydrogen-bond acceptors (Lipinski definition) is 3. The normalized spacial score (nSPS) is 13.1. The second-order valence-electron chi connectivity index (χ2n) is 4.33. The molecule has 0 aliphatic heterocycles. The predicted octanol–water partition coefficient (Wildman–Crippen LogP) is 3.79. The van der Waals surface area contributed by atoms with Crippen molar-refractivity contribution >= 4 is 41.9 Å². The molecule has 21 heavy (non-hydrogen) atoms. The molecule has 4 nitrogen and oxygen atoms in total. The summed E-state index contributed by atoms with van der Waals surface area (Å²) in [7, 11) is -3.82. The molecular formula is C13H11Br2FN2O2S. The van der Waals surface area contributed by atoms with Gasteiger partial charge in [-0.3, -0.25) is 4.98 Å². The third-order valence-electron chi connectivity index (χ3n) is 2.75. The Morgan fingerprint density at radius 1 is 1.29 bits per heavy atom. The van der Waals surface area contributed by atoms with Gasteiger partial charge in [-0.15, -0.1) is 0 Å². The van der Waals surface area contributed by atoms with E-state index in [0.717, 1.165) is 17.7 Å². The number of nitrogens with zero attached hydrogens (tertiary/aromatic N) is 1. The molecule has 0 saturated carbocycles. The number of halogens is 3. The van der Waals surface area contributed by atoms with Gasteiger partial charge in [0.25, 0.3) is 0 Å². The van der Waals surface area contributed by atoms with Gasteiger partial charge in [0, 0.05) is 27.4 Å². The maximum atomic E-state index is 13.2. The first-order chi connectivity index (χ1) is 9.81. The lowest BCUT2D eigenvalue weighted by molar-refractivity contribution is 0.564. The van der Waals surface area contributed by atoms with E-state index in [1.54, 1.807) is 31.5 Å². The highest BCUT2D eigenvalue weighted by atomic mass is 79.9. The average molecular weight is 438 g/mol. The molecular weight excluding hydrogens is 427 g/mol. The lowest BCUT2D eigenvalue weighted by atomic mass is 10.2. The third-order valence-corrected chi connectivity index (χ3v) is 6.16. The Morgan fingerprint density at radius 3 is 2.43 bits per heavy atom. The Hall–Kier alpha value is -0.830. The van der Waals surface area contributed by atoms with Crippen molar-refractivity contribution in [1.29, 1.82) is 0 Å². The molecule has 1 heterocycles. The lowest BCUT2D eigenvalue weighted by Gasteiger charge is -2.16. The summed E-state index contributed by atoms with van der Waals surface area (Å²) in [5, 5.41) is 0. The first-order valence-corrected chi connectivity index (χ1v) is 8.95. The van der Waals surface area contributed by atoms with E-state index < -0.39 is 21.9 Å². The van der Waals surface area contributed by atoms with Crippen LogP contribution in [0.4, 0.5) is 4.39 Å². The van der Waals surface area contributed by atoms with Crippen molar-refractivity contribution in [2.45, 2.75) is 17.9 Å². The predicted molar refractivity (Wildman–Crippen MR) is 84.8 cm³/mol. The van der Waals surface area contributed by atoms with Gasteiger partial charge in [0.1, 0.15) is 10.7 Å². The van der Waals surface area contributed by atoms with Gasteiger partial charge in [-0.1, -0.05) is 6.07 Å². The third kappa shape index (κ3) is 3.88. The highest BCUT2D eigenvalue weighted by Crippen LogP contribution is 2.31. The Labute approximate surface area is 139 Å². The van der Waals surface area contributed by atoms with Crippen LogP contribution in [0.1, 0.15) is 18.5 Å². The van der Waals surface area contributed by atoms with Crippen LogP contribution in [0.2, 0.25) is 0 Å². The fourth-order valence-corrected chi connectivity index (χ4v) is 5.54. The largest absolute Gasteiger partial charge is 0.264 e. The van der Waals surface area contributed by atoms with Gasteiger partial charge in [-0.05, 0) is 62.5 Å². The molecule has 1 aromatic heterocycles. The number of rotatable bonds is 4. The fourth-order valence-electron chi connectivity index (χ4n) is 1.78. The fraction of sp³-hybridized carbons (Fsp3) is 0.154. The topological polar surface area (TPSA) is 59.1 Å². The van der Waals surface area contributed by atoms with Crippen molar-refractivity contribution in [2.24, 2.45) is 0 Å². The van der Waals surface area contributed by atoms with Gasteiger partial charge in [0.05, 0.1) is 0 Å². The van der Waals surface area contributed by atoms with Crippen molar-refractivity contribution < 1.29 is 12.8 Å². The molecule has 8 heteroatoms. The van der Waals surface area contributed by atoms with Crippen molar-refractivity contribution in [3.8, 4) is 0 Å². The van der Waals surface area contributed by atoms with Crippen molar-refractivity contribution in [3.63, 3.8) is 0 Å². The molecule has 1 unspecified atom stereocenters. The van der Waals surface area contributed by atoms with Crippen molar-refractivity contribution in [2.75, 3.05) is 0 Å². The molecule has 1 N–H and O–H groups in total. The molecule has 0 spiro atoms. The Balaban J connectivity index is 2.36. The molecule has 0 fully saturated rings. The van der Waals surface area contributed by atoms with E-state index in [0.29, 0.717) is 0 Å². The molecule has 0 aliphatic rings. The van der Waals surface area contributed by atoms with E-state index in [2.05, 4.69) is 41.6 Å². The highest BCUT2D eigenvalue weighted by molar-refractivity contribution is 9.11. The molecule has 112 valence electrons. The number of benzene rings is 1. The number of pyridine rings is 1. The van der Waals surface area contributed by atoms with E-state index in [4.69, 9.17) is 0 Å². The minimum Gasteiger partial charge on any atom is -0.264 e. The molecule has 0 aliphatic carbocycles. The molecule has 0 amide bonds. The lowest BCUT2D eigenvalue weighted by Crippen LogP contribution is -2.27. The Kier molecular flexibility index (Phi) is 5.13. The number of nitrogens with one attached hydrogen (secondary N) is 1. The summed E-state index contributed by atoms with van der Waals surface area (Å²) in [6.07, 6.45) is 3.19. The molecule has 0 saturated heterocycles. The molecule has 0 bridgehead atoms. The summed E-state index contributed by atoms with van der Waals surface area (Å²) >= 11 is 6.16. The van der Waals surface area contributed by atoms with Crippen LogP contribution in [0.5, 0.6) is 0 Å². The van der Waals surface area contributed by atoms with E-state index in [1.165, 1.54) is 0 Å². The maximum absolute atomic E-state index is 13.2. The monoisotopic (exact) mass is 436 g/mol. The maximum Gasteiger partial charge on any atom is 0.243 e. The Morgan fingerprint density at radius 2 is 1.90 bits per heavy atom. The summed E-state index contributed by atoms with van der Waals surface area (Å²) in [5.74, 6) is -0.534. The quantitative estimate of drug-likeness (QED) is 0.791. The van der Waals surface area contributed by atoms with Crippen LogP contribution in [-0.2, 0) is 10.0 Å². The number of hydrogen-bond donors (Lipinski definition) is 1. The van der Waals surface area contributed by atoms with E-state index in [1.807, 2.05) is 0 Å². The molecule has 2 rings (SSSR count). The summed E-state index contributed by atoms with van der Waals surface area (Å²) in [5.41, 5.74) is 0.732. The molecule has 1 aromatic carbocycles. The van der Waals surface area contributed by atoms with Crippen molar-refractivity contribution in [3.05, 3.63) is 57.0 Å². The molecule has 0 radical (unpaired) electrons. The SMILES string of the molecule is CC(NS(=O)(=O)c1c(Br)cc(F)cc1Br)c1cccnc1. The summed E-state index contributed by atoms with van der Waals surface area (Å²) < 4.78 is 41.0. The first kappa shape index (κ1) is 16.5. The zero-order chi connectivity index (χ0) is 15.6. The van der Waals surface area contributed by atoms with Gasteiger partial charge in [0.2, 0.25) is 10.0 Å². The van der Waals surface area contributed by atoms with Gasteiger partial charge in [-0.2, -0.15) is 0 Å². The van der Waals surface area contributed by atoms with Gasteiger partial charge in [0.15, 0.2) is 0 Å². The van der Waals surface area contributed by atoms with Crippen LogP contribution in [-0.4, -0.2) is 13.4 Å². The Bertz CT molecular complexity index is 731. The van der Waals surface area contributed by atoms with Gasteiger partial charge in [-0.25, -0.2) is 17.5 Å². The molecule has 1 atom stereocenters. The van der Waals surface area contributed by atoms with E-state index >= 15 is 0 Å². The van der Waals surface area contributed by atoms with Crippen LogP contribution in [0.3, 0.4) is 0 Å². The first-order valence-electron chi connectivity index (χ1n) is 5.88. The van der Waals surface area contributed by atoms with Crippen LogP contribution in [0.15, 0.2) is 50.5 Å². The summed E-state index contributed by atoms with van der Waals surface area (Å²) in [4.78, 5) is 3.91. The smallest absolute Gasteiger partial charge is 0.243 e. The zero-order valence-corrected chi connectivity index (χ0v) is 14.8. The second-order valence-corrected chi connectivity index (χ2v) is 7.69. The minimum atomic E-state index is -3.82. The summed E-state index contributed by atoms with van der Waals surface area (Å²) in [6, 6.07) is 5.24. The zero-order valence-electron chi connectivity index (χ0n) is 10.8. The van der Waals surface area contributed by atoms with Crippen LogP contribution < -0.4 is 4.72 Å². The second kappa shape index (κ2) is 6.51. The number of aromatic nitrogens is 1. The minimum absolute atomic E-state index is 0.0420. The average Bonchev–Trinajstić information content (AvgIpc) is 2.37. The van der Waals surface area contributed by atoms with Gasteiger partial charge >= 0.3 is 0 Å². The standard InChI is InChI=1S/C13H11Br2FN2O2S/c1-8(9-3-2-4-17-7-9)18-21(19,20)13-11(14)5-10(16)6-12(13)15/h2-8,18H,1H3. The molecule has 2 aromatic rings. The van der Waals surface area contributed by atoms with E-state index in [9.17, 15) is 12.8 Å². The van der Waals surface area contributed by atoms with Gasteiger partial charge < -0.3 is 0 Å². The van der Waals surface area contributed by atoms with Crippen molar-refractivity contribution in [1.82, 2.24) is 9.71 Å². The number of sulfonamides is 1. The van der Waals surface area contributed by atoms with Crippen LogP contribution >= 0.6 is 31.9 Å². The van der Waals surface area contributed by atoms with Crippen LogP contribution in [0, 0.1) is 5.82 Å². The van der Waals surface area contributed by atoms with E-state index in [-0.39, 0.29) is 13.8 Å². The highest BCUT2D eigenvalue weighted by Gasteiger charge is 2.24. The summed E-state index contributed by atoms with van der Waals surface area (Å²) in [6.45, 7) is 1.71. The van der Waals surface area contributed by atoms with Crippen LogP contribution in [0.25, 0.3) is 0 Å².